The van der Waals surface area contributed by atoms with E-state index in [1.165, 1.54) is 0 Å². The van der Waals surface area contributed by atoms with Crippen LogP contribution in [0.4, 0.5) is 21.9 Å². The van der Waals surface area contributed by atoms with Crippen LogP contribution in [0.1, 0.15) is 40.9 Å². The van der Waals surface area contributed by atoms with E-state index in [-0.39, 0.29) is 6.03 Å². The smallest absolute Gasteiger partial charge is 0.340 e. The fraction of sp³-hybridized carbons (Fsp3) is 0.188. The number of fused-ring (bicyclic) bond motifs is 6. The van der Waals surface area contributed by atoms with Gasteiger partial charge in [-0.1, -0.05) is 36.4 Å². The van der Waals surface area contributed by atoms with Crippen molar-refractivity contribution in [3.63, 3.8) is 0 Å². The maximum absolute atomic E-state index is 13.3. The number of carbonyl (C=O) groups is 2. The Morgan fingerprint density at radius 3 is 2.23 bits per heavy atom. The first-order valence-electron chi connectivity index (χ1n) is 13.1. The first-order chi connectivity index (χ1) is 19.0. The average Bonchev–Trinajstić information content (AvgIpc) is 3.27. The van der Waals surface area contributed by atoms with Gasteiger partial charge in [0.1, 0.15) is 11.5 Å². The predicted octanol–water partition coefficient (Wildman–Crippen LogP) is 6.58. The molecule has 0 bridgehead atoms. The van der Waals surface area contributed by atoms with Crippen LogP contribution in [0.5, 0.6) is 11.5 Å². The van der Waals surface area contributed by atoms with E-state index < -0.39 is 11.6 Å². The Bertz CT molecular complexity index is 1580. The molecule has 1 N–H and O–H groups in total. The molecule has 0 aromatic heterocycles. The van der Waals surface area contributed by atoms with E-state index in [2.05, 4.69) is 24.1 Å². The number of ether oxygens (including phenoxy) is 2. The van der Waals surface area contributed by atoms with Gasteiger partial charge in [-0.15, -0.1) is 0 Å². The number of amides is 2. The third kappa shape index (κ3) is 3.73. The van der Waals surface area contributed by atoms with Crippen molar-refractivity contribution in [3.05, 3.63) is 113 Å². The van der Waals surface area contributed by atoms with Crippen molar-refractivity contribution < 1.29 is 19.1 Å². The number of hydrogen-bond acceptors (Lipinski definition) is 5. The quantitative estimate of drug-likeness (QED) is 0.302. The SMILES string of the molecule is CCN(CC)c1ccc2c(c1)Oc1ccc(N(C(=O)NC)c3ccccc3)cc1C21OC(=O)c2ccccc21. The summed E-state index contributed by atoms with van der Waals surface area (Å²) in [6.07, 6.45) is 0. The van der Waals surface area contributed by atoms with E-state index in [1.807, 2.05) is 84.9 Å². The van der Waals surface area contributed by atoms with E-state index in [4.69, 9.17) is 9.47 Å². The van der Waals surface area contributed by atoms with Gasteiger partial charge < -0.3 is 19.7 Å². The lowest BCUT2D eigenvalue weighted by molar-refractivity contribution is 0.0224. The van der Waals surface area contributed by atoms with E-state index in [0.29, 0.717) is 34.0 Å². The van der Waals surface area contributed by atoms with Crippen molar-refractivity contribution in [2.45, 2.75) is 19.4 Å². The van der Waals surface area contributed by atoms with Crippen LogP contribution in [-0.2, 0) is 10.3 Å². The number of anilines is 3. The highest BCUT2D eigenvalue weighted by molar-refractivity contribution is 6.00. The Labute approximate surface area is 227 Å². The standard InChI is InChI=1S/C32H29N3O4/c1-4-34(5-2)22-15-17-26-29(20-22)38-28-18-16-23(35(31(37)33-3)21-11-7-6-8-12-21)19-27(28)32(26)25-14-10-9-13-24(25)30(36)39-32/h6-20H,4-5H2,1-3H3,(H,33,37). The van der Waals surface area contributed by atoms with Gasteiger partial charge in [-0.2, -0.15) is 0 Å². The molecule has 2 aliphatic rings. The normalized spacial score (nSPS) is 16.4. The molecule has 4 aromatic carbocycles. The van der Waals surface area contributed by atoms with Crippen molar-refractivity contribution in [3.8, 4) is 11.5 Å². The molecule has 0 radical (unpaired) electrons. The fourth-order valence-corrected chi connectivity index (χ4v) is 5.65. The number of nitrogens with zero attached hydrogens (tertiary/aromatic N) is 2. The second-order valence-electron chi connectivity index (χ2n) is 9.48. The maximum Gasteiger partial charge on any atom is 0.340 e. The fourth-order valence-electron chi connectivity index (χ4n) is 5.65. The zero-order valence-electron chi connectivity index (χ0n) is 22.1. The molecule has 7 heteroatoms. The third-order valence-electron chi connectivity index (χ3n) is 7.50. The largest absolute Gasteiger partial charge is 0.456 e. The molecular formula is C32H29N3O4. The zero-order chi connectivity index (χ0) is 27.1. The van der Waals surface area contributed by atoms with E-state index in [1.54, 1.807) is 18.0 Å². The number of nitrogens with one attached hydrogen (secondary N) is 1. The molecule has 4 aromatic rings. The van der Waals surface area contributed by atoms with E-state index in [0.717, 1.165) is 29.9 Å². The lowest BCUT2D eigenvalue weighted by atomic mass is 9.77. The summed E-state index contributed by atoms with van der Waals surface area (Å²) in [7, 11) is 1.60. The van der Waals surface area contributed by atoms with Crippen LogP contribution in [0.25, 0.3) is 0 Å². The van der Waals surface area contributed by atoms with Gasteiger partial charge in [0.2, 0.25) is 0 Å². The van der Waals surface area contributed by atoms with Crippen LogP contribution in [0.15, 0.2) is 91.0 Å². The highest BCUT2D eigenvalue weighted by atomic mass is 16.6. The highest BCUT2D eigenvalue weighted by Crippen LogP contribution is 2.57. The minimum Gasteiger partial charge on any atom is -0.456 e. The highest BCUT2D eigenvalue weighted by Gasteiger charge is 2.53. The molecule has 2 heterocycles. The van der Waals surface area contributed by atoms with Crippen LogP contribution in [0.3, 0.4) is 0 Å². The number of benzene rings is 4. The molecule has 2 aliphatic heterocycles. The van der Waals surface area contributed by atoms with Crippen LogP contribution in [-0.4, -0.2) is 32.1 Å². The molecule has 39 heavy (non-hydrogen) atoms. The summed E-state index contributed by atoms with van der Waals surface area (Å²) in [4.78, 5) is 30.2. The molecule has 2 amide bonds. The summed E-state index contributed by atoms with van der Waals surface area (Å²) in [5.41, 5.74) is 3.79. The summed E-state index contributed by atoms with van der Waals surface area (Å²) >= 11 is 0. The molecule has 1 atom stereocenters. The van der Waals surface area contributed by atoms with E-state index in [9.17, 15) is 9.59 Å². The van der Waals surface area contributed by atoms with Gasteiger partial charge in [0.25, 0.3) is 0 Å². The Kier molecular flexibility index (Phi) is 5.99. The van der Waals surface area contributed by atoms with Crippen LogP contribution in [0, 0.1) is 0 Å². The van der Waals surface area contributed by atoms with Gasteiger partial charge in [-0.05, 0) is 62.4 Å². The summed E-state index contributed by atoms with van der Waals surface area (Å²) in [6.45, 7) is 5.93. The van der Waals surface area contributed by atoms with Crippen molar-refractivity contribution in [1.29, 1.82) is 0 Å². The molecule has 196 valence electrons. The molecule has 1 unspecified atom stereocenters. The lowest BCUT2D eigenvalue weighted by Crippen LogP contribution is -2.36. The van der Waals surface area contributed by atoms with Gasteiger partial charge in [0.15, 0.2) is 5.60 Å². The summed E-state index contributed by atoms with van der Waals surface area (Å²) < 4.78 is 12.8. The van der Waals surface area contributed by atoms with Crippen molar-refractivity contribution in [2.24, 2.45) is 0 Å². The lowest BCUT2D eigenvalue weighted by Gasteiger charge is -2.38. The van der Waals surface area contributed by atoms with Crippen LogP contribution < -0.4 is 19.9 Å². The second kappa shape index (κ2) is 9.51. The Morgan fingerprint density at radius 2 is 1.49 bits per heavy atom. The van der Waals surface area contributed by atoms with Gasteiger partial charge in [0.05, 0.1) is 16.9 Å². The number of rotatable bonds is 5. The molecule has 6 rings (SSSR count). The van der Waals surface area contributed by atoms with Gasteiger partial charge in [-0.25, -0.2) is 9.59 Å². The number of carbonyl (C=O) groups excluding carboxylic acids is 2. The van der Waals surface area contributed by atoms with Crippen LogP contribution in [0.2, 0.25) is 0 Å². The third-order valence-corrected chi connectivity index (χ3v) is 7.50. The number of hydrogen-bond donors (Lipinski definition) is 1. The number of para-hydroxylation sites is 1. The first-order valence-corrected chi connectivity index (χ1v) is 13.1. The van der Waals surface area contributed by atoms with Crippen LogP contribution >= 0.6 is 0 Å². The monoisotopic (exact) mass is 519 g/mol. The van der Waals surface area contributed by atoms with Crippen molar-refractivity contribution >= 4 is 29.1 Å². The molecule has 7 nitrogen and oxygen atoms in total. The Morgan fingerprint density at radius 1 is 0.769 bits per heavy atom. The van der Waals surface area contributed by atoms with Crippen molar-refractivity contribution in [2.75, 3.05) is 29.9 Å². The molecule has 1 spiro atoms. The van der Waals surface area contributed by atoms with Crippen molar-refractivity contribution in [1.82, 2.24) is 5.32 Å². The number of urea groups is 1. The maximum atomic E-state index is 13.3. The predicted molar refractivity (Wildman–Crippen MR) is 151 cm³/mol. The summed E-state index contributed by atoms with van der Waals surface area (Å²) in [6, 6.07) is 28.2. The molecule has 0 saturated heterocycles. The summed E-state index contributed by atoms with van der Waals surface area (Å²) in [5, 5.41) is 2.74. The molecule has 0 fully saturated rings. The van der Waals surface area contributed by atoms with Gasteiger partial charge in [0, 0.05) is 48.6 Å². The minimum absolute atomic E-state index is 0.292. The average molecular weight is 520 g/mol. The first kappa shape index (κ1) is 24.6. The second-order valence-corrected chi connectivity index (χ2v) is 9.48. The molecule has 0 aliphatic carbocycles. The van der Waals surface area contributed by atoms with E-state index >= 15 is 0 Å². The van der Waals surface area contributed by atoms with Gasteiger partial charge in [-0.3, -0.25) is 4.90 Å². The van der Waals surface area contributed by atoms with Gasteiger partial charge >= 0.3 is 12.0 Å². The topological polar surface area (TPSA) is 71.1 Å². The Hall–Kier alpha value is -4.78. The number of esters is 1. The zero-order valence-corrected chi connectivity index (χ0v) is 22.1. The molecule has 0 saturated carbocycles. The minimum atomic E-state index is -1.22. The molecular weight excluding hydrogens is 490 g/mol. The Balaban J connectivity index is 1.59. The summed E-state index contributed by atoms with van der Waals surface area (Å²) in [5.74, 6) is 0.807.